The van der Waals surface area contributed by atoms with Gasteiger partial charge in [0.2, 0.25) is 0 Å². The first kappa shape index (κ1) is 14.1. The fourth-order valence-electron chi connectivity index (χ4n) is 2.29. The second-order valence-corrected chi connectivity index (χ2v) is 5.62. The first-order valence-corrected chi connectivity index (χ1v) is 7.12. The van der Waals surface area contributed by atoms with Crippen LogP contribution >= 0.6 is 15.9 Å². The summed E-state index contributed by atoms with van der Waals surface area (Å²) in [7, 11) is 0. The molecule has 0 saturated heterocycles. The van der Waals surface area contributed by atoms with Gasteiger partial charge in [0.05, 0.1) is 5.92 Å². The van der Waals surface area contributed by atoms with Crippen molar-refractivity contribution in [2.24, 2.45) is 5.92 Å². The highest BCUT2D eigenvalue weighted by Gasteiger charge is 2.24. The summed E-state index contributed by atoms with van der Waals surface area (Å²) in [5.41, 5.74) is -0.00136. The highest BCUT2D eigenvalue weighted by Crippen LogP contribution is 2.28. The lowest BCUT2D eigenvalue weighted by Gasteiger charge is -2.20. The predicted molar refractivity (Wildman–Crippen MR) is 73.3 cm³/mol. The Balaban J connectivity index is 2.13. The lowest BCUT2D eigenvalue weighted by atomic mass is 9.89. The van der Waals surface area contributed by atoms with Crippen LogP contribution in [0.15, 0.2) is 22.7 Å². The van der Waals surface area contributed by atoms with Gasteiger partial charge in [-0.15, -0.1) is 0 Å². The third-order valence-corrected chi connectivity index (χ3v) is 3.81. The van der Waals surface area contributed by atoms with Crippen LogP contribution in [-0.2, 0) is 4.79 Å². The smallest absolute Gasteiger partial charge is 0.339 e. The molecule has 19 heavy (non-hydrogen) atoms. The maximum Gasteiger partial charge on any atom is 0.339 e. The molecule has 0 heterocycles. The summed E-state index contributed by atoms with van der Waals surface area (Å²) in [5.74, 6) is -1.40. The van der Waals surface area contributed by atoms with Crippen LogP contribution in [0.3, 0.4) is 0 Å². The molecule has 0 radical (unpaired) electrons. The standard InChI is InChI=1S/C14H15BrO4/c15-10-6-7-12(11(8-10)13(16)17)19-14(18)9-4-2-1-3-5-9/h6-9H,1-5H2,(H,16,17). The zero-order chi connectivity index (χ0) is 13.8. The first-order valence-electron chi connectivity index (χ1n) is 6.32. The van der Waals surface area contributed by atoms with Crippen molar-refractivity contribution in [1.29, 1.82) is 0 Å². The van der Waals surface area contributed by atoms with Crippen LogP contribution in [0, 0.1) is 5.92 Å². The van der Waals surface area contributed by atoms with Crippen LogP contribution in [0.5, 0.6) is 5.75 Å². The second-order valence-electron chi connectivity index (χ2n) is 4.70. The number of rotatable bonds is 3. The molecule has 1 aromatic rings. The molecular formula is C14H15BrO4. The van der Waals surface area contributed by atoms with E-state index in [1.54, 1.807) is 6.07 Å². The highest BCUT2D eigenvalue weighted by molar-refractivity contribution is 9.10. The summed E-state index contributed by atoms with van der Waals surface area (Å²) in [4.78, 5) is 23.1. The third-order valence-electron chi connectivity index (χ3n) is 3.32. The van der Waals surface area contributed by atoms with Gasteiger partial charge in [-0.05, 0) is 31.0 Å². The average molecular weight is 327 g/mol. The Morgan fingerprint density at radius 1 is 1.21 bits per heavy atom. The van der Waals surface area contributed by atoms with Gasteiger partial charge >= 0.3 is 11.9 Å². The van der Waals surface area contributed by atoms with Gasteiger partial charge in [0.25, 0.3) is 0 Å². The van der Waals surface area contributed by atoms with Gasteiger partial charge < -0.3 is 9.84 Å². The van der Waals surface area contributed by atoms with E-state index in [4.69, 9.17) is 9.84 Å². The molecule has 102 valence electrons. The van der Waals surface area contributed by atoms with E-state index in [1.165, 1.54) is 12.1 Å². The van der Waals surface area contributed by atoms with Crippen molar-refractivity contribution in [2.45, 2.75) is 32.1 Å². The third kappa shape index (κ3) is 3.56. The van der Waals surface area contributed by atoms with Crippen LogP contribution in [0.4, 0.5) is 0 Å². The lowest BCUT2D eigenvalue weighted by molar-refractivity contribution is -0.140. The zero-order valence-electron chi connectivity index (χ0n) is 10.4. The van der Waals surface area contributed by atoms with Gasteiger partial charge in [0.1, 0.15) is 11.3 Å². The Bertz CT molecular complexity index is 492. The number of halogens is 1. The number of ether oxygens (including phenoxy) is 1. The van der Waals surface area contributed by atoms with Gasteiger partial charge in [-0.2, -0.15) is 0 Å². The van der Waals surface area contributed by atoms with Gasteiger partial charge in [-0.25, -0.2) is 4.79 Å². The number of carbonyl (C=O) groups excluding carboxylic acids is 1. The fraction of sp³-hybridized carbons (Fsp3) is 0.429. The average Bonchev–Trinajstić information content (AvgIpc) is 2.41. The maximum absolute atomic E-state index is 12.0. The van der Waals surface area contributed by atoms with Crippen molar-refractivity contribution in [2.75, 3.05) is 0 Å². The van der Waals surface area contributed by atoms with Crippen molar-refractivity contribution in [3.63, 3.8) is 0 Å². The van der Waals surface area contributed by atoms with Crippen LogP contribution in [0.25, 0.3) is 0 Å². The Morgan fingerprint density at radius 2 is 1.89 bits per heavy atom. The van der Waals surface area contributed by atoms with Crippen LogP contribution in [0.2, 0.25) is 0 Å². The Kier molecular flexibility index (Phi) is 4.58. The minimum atomic E-state index is -1.10. The minimum absolute atomic E-state index is 0.00136. The Labute approximate surface area is 119 Å². The van der Waals surface area contributed by atoms with Crippen molar-refractivity contribution in [1.82, 2.24) is 0 Å². The van der Waals surface area contributed by atoms with Gasteiger partial charge in [-0.3, -0.25) is 4.79 Å². The molecule has 1 fully saturated rings. The van der Waals surface area contributed by atoms with Crippen molar-refractivity contribution < 1.29 is 19.4 Å². The summed E-state index contributed by atoms with van der Waals surface area (Å²) in [5, 5.41) is 9.10. The number of carbonyl (C=O) groups is 2. The number of carboxylic acids is 1. The zero-order valence-corrected chi connectivity index (χ0v) is 12.0. The van der Waals surface area contributed by atoms with Gasteiger partial charge in [-0.1, -0.05) is 35.2 Å². The van der Waals surface area contributed by atoms with Crippen LogP contribution < -0.4 is 4.74 Å². The number of hydrogen-bond donors (Lipinski definition) is 1. The molecule has 0 atom stereocenters. The number of hydrogen-bond acceptors (Lipinski definition) is 3. The number of benzene rings is 1. The van der Waals surface area contributed by atoms with E-state index in [9.17, 15) is 9.59 Å². The maximum atomic E-state index is 12.0. The molecule has 0 bridgehead atoms. The number of aromatic carboxylic acids is 1. The van der Waals surface area contributed by atoms with E-state index >= 15 is 0 Å². The van der Waals surface area contributed by atoms with Crippen molar-refractivity contribution in [3.05, 3.63) is 28.2 Å². The van der Waals surface area contributed by atoms with E-state index in [2.05, 4.69) is 15.9 Å². The molecule has 0 amide bonds. The number of carboxylic acid groups (broad SMARTS) is 1. The predicted octanol–water partition coefficient (Wildman–Crippen LogP) is 3.63. The molecule has 0 aromatic heterocycles. The normalized spacial score (nSPS) is 16.1. The quantitative estimate of drug-likeness (QED) is 0.680. The Morgan fingerprint density at radius 3 is 2.53 bits per heavy atom. The lowest BCUT2D eigenvalue weighted by Crippen LogP contribution is -2.23. The summed E-state index contributed by atoms with van der Waals surface area (Å²) in [6.07, 6.45) is 4.88. The molecule has 4 nitrogen and oxygen atoms in total. The second kappa shape index (κ2) is 6.19. The molecule has 0 unspecified atom stereocenters. The Hall–Kier alpha value is -1.36. The topological polar surface area (TPSA) is 63.6 Å². The SMILES string of the molecule is O=C(O)c1cc(Br)ccc1OC(=O)C1CCCCC1. The molecule has 1 aromatic carbocycles. The van der Waals surface area contributed by atoms with E-state index in [0.717, 1.165) is 32.1 Å². The van der Waals surface area contributed by atoms with E-state index in [-0.39, 0.29) is 23.2 Å². The highest BCUT2D eigenvalue weighted by atomic mass is 79.9. The monoisotopic (exact) mass is 326 g/mol. The minimum Gasteiger partial charge on any atom is -0.478 e. The summed E-state index contributed by atoms with van der Waals surface area (Å²) in [6.45, 7) is 0. The molecular weight excluding hydrogens is 312 g/mol. The van der Waals surface area contributed by atoms with Gasteiger partial charge in [0, 0.05) is 4.47 Å². The van der Waals surface area contributed by atoms with Crippen molar-refractivity contribution >= 4 is 27.9 Å². The van der Waals surface area contributed by atoms with E-state index < -0.39 is 5.97 Å². The first-order chi connectivity index (χ1) is 9.08. The molecule has 0 spiro atoms. The van der Waals surface area contributed by atoms with Crippen LogP contribution in [-0.4, -0.2) is 17.0 Å². The van der Waals surface area contributed by atoms with E-state index in [1.807, 2.05) is 0 Å². The molecule has 5 heteroatoms. The molecule has 1 aliphatic rings. The summed E-state index contributed by atoms with van der Waals surface area (Å²) >= 11 is 3.20. The molecule has 1 aliphatic carbocycles. The molecule has 1 saturated carbocycles. The summed E-state index contributed by atoms with van der Waals surface area (Å²) < 4.78 is 5.90. The molecule has 2 rings (SSSR count). The largest absolute Gasteiger partial charge is 0.478 e. The summed E-state index contributed by atoms with van der Waals surface area (Å²) in [6, 6.07) is 4.61. The fourth-order valence-corrected chi connectivity index (χ4v) is 2.65. The molecule has 1 N–H and O–H groups in total. The molecule has 0 aliphatic heterocycles. The van der Waals surface area contributed by atoms with Crippen LogP contribution in [0.1, 0.15) is 42.5 Å². The van der Waals surface area contributed by atoms with Gasteiger partial charge in [0.15, 0.2) is 0 Å². The van der Waals surface area contributed by atoms with Crippen molar-refractivity contribution in [3.8, 4) is 5.75 Å². The van der Waals surface area contributed by atoms with E-state index in [0.29, 0.717) is 4.47 Å². The number of esters is 1.